The van der Waals surface area contributed by atoms with E-state index < -0.39 is 0 Å². The summed E-state index contributed by atoms with van der Waals surface area (Å²) in [5, 5.41) is 8.45. The number of fused-ring (bicyclic) bond motifs is 1. The van der Waals surface area contributed by atoms with Crippen LogP contribution in [0.15, 0.2) is 29.8 Å². The maximum atomic E-state index is 12.0. The van der Waals surface area contributed by atoms with Crippen molar-refractivity contribution in [3.63, 3.8) is 0 Å². The first-order chi connectivity index (χ1) is 12.8. The summed E-state index contributed by atoms with van der Waals surface area (Å²) in [6.07, 6.45) is 3.53. The topological polar surface area (TPSA) is 85.4 Å². The molecule has 1 saturated carbocycles. The first kappa shape index (κ1) is 16.2. The fourth-order valence-corrected chi connectivity index (χ4v) is 4.24. The summed E-state index contributed by atoms with van der Waals surface area (Å²) in [6.45, 7) is 1.000. The van der Waals surface area contributed by atoms with Crippen LogP contribution in [0.4, 0.5) is 5.95 Å². The normalized spacial score (nSPS) is 30.2. The van der Waals surface area contributed by atoms with Crippen molar-refractivity contribution < 1.29 is 14.3 Å². The van der Waals surface area contributed by atoms with Gasteiger partial charge in [0.2, 0.25) is 11.9 Å². The molecule has 3 aliphatic rings. The number of amides is 1. The van der Waals surface area contributed by atoms with Gasteiger partial charge in [-0.2, -0.15) is 0 Å². The molecule has 5 rings (SSSR count). The molecule has 4 heterocycles. The molecule has 7 nitrogen and oxygen atoms in total. The summed E-state index contributed by atoms with van der Waals surface area (Å²) in [5.41, 5.74) is 0.898. The molecule has 2 aromatic heterocycles. The molecule has 0 spiro atoms. The van der Waals surface area contributed by atoms with Crippen molar-refractivity contribution in [1.29, 1.82) is 0 Å². The van der Waals surface area contributed by atoms with E-state index in [1.165, 1.54) is 0 Å². The molecule has 8 heteroatoms. The Kier molecular flexibility index (Phi) is 4.11. The van der Waals surface area contributed by atoms with Crippen molar-refractivity contribution in [2.24, 2.45) is 5.92 Å². The molecule has 0 aromatic carbocycles. The first-order valence-electron chi connectivity index (χ1n) is 8.95. The van der Waals surface area contributed by atoms with Crippen LogP contribution in [0.2, 0.25) is 0 Å². The van der Waals surface area contributed by atoms with Crippen LogP contribution >= 0.6 is 11.3 Å². The van der Waals surface area contributed by atoms with Gasteiger partial charge in [0.05, 0.1) is 35.9 Å². The molecule has 3 fully saturated rings. The zero-order valence-corrected chi connectivity index (χ0v) is 14.9. The van der Waals surface area contributed by atoms with E-state index >= 15 is 0 Å². The standard InChI is InChI=1S/C18H20N4O3S/c23-17(10-3-4-10)20-12-8-24-16-13(9-25-15(12)16)22-18-19-6-5-11(21-18)14-2-1-7-26-14/h1-2,5-7,10,12-13,15-16H,3-4,8-9H2,(H,20,23)(H,19,21,22). The molecule has 1 aliphatic carbocycles. The predicted octanol–water partition coefficient (Wildman–Crippen LogP) is 1.68. The number of carbonyl (C=O) groups excluding carboxylic acids is 1. The molecule has 26 heavy (non-hydrogen) atoms. The molecular weight excluding hydrogens is 352 g/mol. The number of ether oxygens (including phenoxy) is 2. The molecule has 2 N–H and O–H groups in total. The lowest BCUT2D eigenvalue weighted by Gasteiger charge is -2.18. The quantitative estimate of drug-likeness (QED) is 0.831. The fraction of sp³-hybridized carbons (Fsp3) is 0.500. The van der Waals surface area contributed by atoms with E-state index in [1.807, 2.05) is 23.6 Å². The number of thiophene rings is 1. The van der Waals surface area contributed by atoms with E-state index in [-0.39, 0.29) is 36.1 Å². The average Bonchev–Trinajstić information content (AvgIpc) is 3.06. The number of anilines is 1. The number of rotatable bonds is 5. The van der Waals surface area contributed by atoms with E-state index in [1.54, 1.807) is 17.5 Å². The van der Waals surface area contributed by atoms with Crippen LogP contribution in [0.3, 0.4) is 0 Å². The van der Waals surface area contributed by atoms with E-state index in [0.29, 0.717) is 19.2 Å². The molecule has 136 valence electrons. The number of aromatic nitrogens is 2. The van der Waals surface area contributed by atoms with Crippen LogP contribution in [-0.2, 0) is 14.3 Å². The number of nitrogens with one attached hydrogen (secondary N) is 2. The van der Waals surface area contributed by atoms with Gasteiger partial charge in [-0.05, 0) is 30.4 Å². The summed E-state index contributed by atoms with van der Waals surface area (Å²) in [4.78, 5) is 22.0. The van der Waals surface area contributed by atoms with Crippen LogP contribution < -0.4 is 10.6 Å². The largest absolute Gasteiger partial charge is 0.371 e. The Bertz CT molecular complexity index is 795. The van der Waals surface area contributed by atoms with E-state index in [4.69, 9.17) is 9.47 Å². The lowest BCUT2D eigenvalue weighted by molar-refractivity contribution is -0.123. The van der Waals surface area contributed by atoms with Gasteiger partial charge >= 0.3 is 0 Å². The monoisotopic (exact) mass is 372 g/mol. The van der Waals surface area contributed by atoms with Crippen molar-refractivity contribution >= 4 is 23.2 Å². The minimum absolute atomic E-state index is 0.0265. The number of carbonyl (C=O) groups is 1. The minimum atomic E-state index is -0.115. The lowest BCUT2D eigenvalue weighted by atomic mass is 10.1. The molecule has 4 unspecified atom stereocenters. The Morgan fingerprint density at radius 3 is 2.73 bits per heavy atom. The predicted molar refractivity (Wildman–Crippen MR) is 96.9 cm³/mol. The molecule has 0 radical (unpaired) electrons. The van der Waals surface area contributed by atoms with Crippen molar-refractivity contribution in [2.75, 3.05) is 18.5 Å². The highest BCUT2D eigenvalue weighted by Crippen LogP contribution is 2.32. The van der Waals surface area contributed by atoms with Crippen LogP contribution in [-0.4, -0.2) is 53.4 Å². The highest BCUT2D eigenvalue weighted by Gasteiger charge is 2.49. The second kappa shape index (κ2) is 6.61. The second-order valence-corrected chi connectivity index (χ2v) is 7.93. The lowest BCUT2D eigenvalue weighted by Crippen LogP contribution is -2.45. The molecule has 0 bridgehead atoms. The van der Waals surface area contributed by atoms with Crippen molar-refractivity contribution in [3.05, 3.63) is 29.8 Å². The zero-order valence-electron chi connectivity index (χ0n) is 14.1. The molecule has 2 aliphatic heterocycles. The smallest absolute Gasteiger partial charge is 0.223 e. The van der Waals surface area contributed by atoms with Gasteiger partial charge in [0.1, 0.15) is 12.2 Å². The second-order valence-electron chi connectivity index (χ2n) is 6.98. The van der Waals surface area contributed by atoms with Gasteiger partial charge in [-0.1, -0.05) is 6.07 Å². The number of hydrogen-bond donors (Lipinski definition) is 2. The summed E-state index contributed by atoms with van der Waals surface area (Å²) in [5.74, 6) is 0.892. The Labute approximate surface area is 155 Å². The third-order valence-electron chi connectivity index (χ3n) is 5.07. The van der Waals surface area contributed by atoms with Gasteiger partial charge in [0, 0.05) is 12.1 Å². The van der Waals surface area contributed by atoms with Gasteiger partial charge < -0.3 is 20.1 Å². The van der Waals surface area contributed by atoms with E-state index in [9.17, 15) is 4.79 Å². The summed E-state index contributed by atoms with van der Waals surface area (Å²) >= 11 is 1.65. The van der Waals surface area contributed by atoms with Crippen LogP contribution in [0, 0.1) is 5.92 Å². The fourth-order valence-electron chi connectivity index (χ4n) is 3.55. The Morgan fingerprint density at radius 1 is 1.15 bits per heavy atom. The Balaban J connectivity index is 1.25. The van der Waals surface area contributed by atoms with E-state index in [0.717, 1.165) is 23.4 Å². The van der Waals surface area contributed by atoms with Crippen molar-refractivity contribution in [2.45, 2.75) is 37.1 Å². The number of nitrogens with zero attached hydrogens (tertiary/aromatic N) is 2. The SMILES string of the molecule is O=C(NC1COC2C(Nc3nccc(-c4cccs4)n3)COC12)C1CC1. The molecule has 2 aromatic rings. The maximum absolute atomic E-state index is 12.0. The molecule has 1 amide bonds. The minimum Gasteiger partial charge on any atom is -0.371 e. The zero-order chi connectivity index (χ0) is 17.5. The Hall–Kier alpha value is -2.03. The third kappa shape index (κ3) is 3.08. The van der Waals surface area contributed by atoms with Crippen molar-refractivity contribution in [3.8, 4) is 10.6 Å². The molecule has 4 atom stereocenters. The van der Waals surface area contributed by atoms with Gasteiger partial charge in [-0.3, -0.25) is 4.79 Å². The summed E-state index contributed by atoms with van der Waals surface area (Å²) in [6, 6.07) is 5.85. The van der Waals surface area contributed by atoms with Crippen molar-refractivity contribution in [1.82, 2.24) is 15.3 Å². The molecule has 2 saturated heterocycles. The maximum Gasteiger partial charge on any atom is 0.223 e. The van der Waals surface area contributed by atoms with Crippen LogP contribution in [0.1, 0.15) is 12.8 Å². The van der Waals surface area contributed by atoms with Gasteiger partial charge in [-0.25, -0.2) is 9.97 Å². The summed E-state index contributed by atoms with van der Waals surface area (Å²) in [7, 11) is 0. The first-order valence-corrected chi connectivity index (χ1v) is 9.83. The average molecular weight is 372 g/mol. The van der Waals surface area contributed by atoms with Gasteiger partial charge in [0.15, 0.2) is 0 Å². The van der Waals surface area contributed by atoms with Crippen LogP contribution in [0.5, 0.6) is 0 Å². The van der Waals surface area contributed by atoms with Gasteiger partial charge in [0.25, 0.3) is 0 Å². The highest BCUT2D eigenvalue weighted by molar-refractivity contribution is 7.13. The summed E-state index contributed by atoms with van der Waals surface area (Å²) < 4.78 is 11.8. The van der Waals surface area contributed by atoms with Gasteiger partial charge in [-0.15, -0.1) is 11.3 Å². The van der Waals surface area contributed by atoms with E-state index in [2.05, 4.69) is 20.6 Å². The third-order valence-corrected chi connectivity index (χ3v) is 5.97. The Morgan fingerprint density at radius 2 is 1.96 bits per heavy atom. The van der Waals surface area contributed by atoms with Crippen LogP contribution in [0.25, 0.3) is 10.6 Å². The number of hydrogen-bond acceptors (Lipinski definition) is 7. The molecular formula is C18H20N4O3S. The highest BCUT2D eigenvalue weighted by atomic mass is 32.1.